The van der Waals surface area contributed by atoms with Gasteiger partial charge in [0.25, 0.3) is 15.7 Å². The summed E-state index contributed by atoms with van der Waals surface area (Å²) in [6.45, 7) is -1.53. The minimum absolute atomic E-state index is 0.242. The second-order valence-corrected chi connectivity index (χ2v) is 6.36. The van der Waals surface area contributed by atoms with E-state index in [1.54, 1.807) is 6.92 Å². The Labute approximate surface area is 136 Å². The number of para-hydroxylation sites is 1. The number of sulfonamides is 1. The lowest BCUT2D eigenvalue weighted by molar-refractivity contribution is -0.387. The van der Waals surface area contributed by atoms with Crippen molar-refractivity contribution in [3.05, 3.63) is 58.1 Å². The van der Waals surface area contributed by atoms with Crippen LogP contribution in [0.15, 0.2) is 47.4 Å². The van der Waals surface area contributed by atoms with Crippen molar-refractivity contribution >= 4 is 21.4 Å². The van der Waals surface area contributed by atoms with E-state index in [1.807, 2.05) is 0 Å². The summed E-state index contributed by atoms with van der Waals surface area (Å²) in [6.07, 6.45) is 0. The molecule has 0 atom stereocenters. The van der Waals surface area contributed by atoms with Crippen molar-refractivity contribution in [2.75, 3.05) is 4.72 Å². The molecular formula is C14H12F2N2O5S. The fourth-order valence-electron chi connectivity index (χ4n) is 1.96. The topological polar surface area (TPSA) is 98.5 Å². The molecule has 0 aliphatic heterocycles. The smallest absolute Gasteiger partial charge is 0.387 e. The minimum Gasteiger partial charge on any atom is -0.433 e. The van der Waals surface area contributed by atoms with Crippen LogP contribution < -0.4 is 9.46 Å². The second-order valence-electron chi connectivity index (χ2n) is 4.71. The predicted molar refractivity (Wildman–Crippen MR) is 81.7 cm³/mol. The van der Waals surface area contributed by atoms with Crippen LogP contribution in [-0.2, 0) is 10.0 Å². The Morgan fingerprint density at radius 3 is 2.50 bits per heavy atom. The molecule has 0 fully saturated rings. The zero-order valence-electron chi connectivity index (χ0n) is 12.3. The highest BCUT2D eigenvalue weighted by Crippen LogP contribution is 2.31. The van der Waals surface area contributed by atoms with Gasteiger partial charge in [-0.05, 0) is 30.7 Å². The lowest BCUT2D eigenvalue weighted by Crippen LogP contribution is -2.16. The van der Waals surface area contributed by atoms with Gasteiger partial charge in [0.05, 0.1) is 10.6 Å². The molecule has 128 valence electrons. The summed E-state index contributed by atoms with van der Waals surface area (Å²) in [7, 11) is -4.38. The predicted octanol–water partition coefficient (Wildman–Crippen LogP) is 3.31. The number of anilines is 1. The zero-order valence-corrected chi connectivity index (χ0v) is 13.1. The van der Waals surface area contributed by atoms with Crippen LogP contribution in [0, 0.1) is 17.0 Å². The molecule has 0 heterocycles. The minimum atomic E-state index is -4.38. The summed E-state index contributed by atoms with van der Waals surface area (Å²) in [5.74, 6) is -0.391. The van der Waals surface area contributed by atoms with E-state index in [0.29, 0.717) is 5.56 Å². The van der Waals surface area contributed by atoms with E-state index in [4.69, 9.17) is 0 Å². The van der Waals surface area contributed by atoms with Gasteiger partial charge in [0.2, 0.25) is 0 Å². The van der Waals surface area contributed by atoms with Gasteiger partial charge in [0, 0.05) is 6.07 Å². The second kappa shape index (κ2) is 6.79. The molecule has 0 aliphatic carbocycles. The Kier molecular flexibility index (Phi) is 4.98. The number of hydrogen-bond acceptors (Lipinski definition) is 5. The molecule has 0 unspecified atom stereocenters. The maximum absolute atomic E-state index is 12.4. The Morgan fingerprint density at radius 1 is 1.21 bits per heavy atom. The van der Waals surface area contributed by atoms with Crippen molar-refractivity contribution in [3.63, 3.8) is 0 Å². The van der Waals surface area contributed by atoms with Gasteiger partial charge in [-0.2, -0.15) is 8.78 Å². The third kappa shape index (κ3) is 3.96. The first kappa shape index (κ1) is 17.6. The summed E-state index contributed by atoms with van der Waals surface area (Å²) < 4.78 is 56.0. The van der Waals surface area contributed by atoms with E-state index < -0.39 is 37.9 Å². The molecule has 0 bridgehead atoms. The number of aryl methyl sites for hydroxylation is 1. The van der Waals surface area contributed by atoms with Crippen molar-refractivity contribution in [1.29, 1.82) is 0 Å². The molecule has 10 heteroatoms. The molecule has 2 aromatic carbocycles. The summed E-state index contributed by atoms with van der Waals surface area (Å²) in [4.78, 5) is 9.55. The SMILES string of the molecule is Cc1ccc(OC(F)F)c(NS(=O)(=O)c2ccccc2[N+](=O)[O-])c1. The van der Waals surface area contributed by atoms with Crippen LogP contribution in [0.25, 0.3) is 0 Å². The largest absolute Gasteiger partial charge is 0.433 e. The summed E-state index contributed by atoms with van der Waals surface area (Å²) in [5.41, 5.74) is -0.292. The number of benzene rings is 2. The molecule has 0 radical (unpaired) electrons. The number of alkyl halides is 2. The molecule has 0 aliphatic rings. The molecular weight excluding hydrogens is 346 g/mol. The average Bonchev–Trinajstić information content (AvgIpc) is 2.49. The zero-order chi connectivity index (χ0) is 17.9. The first-order chi connectivity index (χ1) is 11.2. The van der Waals surface area contributed by atoms with E-state index in [0.717, 1.165) is 12.1 Å². The van der Waals surface area contributed by atoms with Crippen molar-refractivity contribution in [2.45, 2.75) is 18.4 Å². The monoisotopic (exact) mass is 358 g/mol. The Balaban J connectivity index is 2.47. The summed E-state index contributed by atoms with van der Waals surface area (Å²) >= 11 is 0. The number of hydrogen-bond donors (Lipinski definition) is 1. The van der Waals surface area contributed by atoms with Gasteiger partial charge in [-0.3, -0.25) is 14.8 Å². The molecule has 0 spiro atoms. The standard InChI is InChI=1S/C14H12F2N2O5S/c1-9-6-7-12(23-14(15)16)10(8-9)17-24(21,22)13-5-3-2-4-11(13)18(19)20/h2-8,14,17H,1H3. The van der Waals surface area contributed by atoms with Gasteiger partial charge in [-0.25, -0.2) is 8.42 Å². The van der Waals surface area contributed by atoms with Crippen LogP contribution in [0.2, 0.25) is 0 Å². The van der Waals surface area contributed by atoms with Crippen LogP contribution in [0.3, 0.4) is 0 Å². The highest BCUT2D eigenvalue weighted by Gasteiger charge is 2.26. The van der Waals surface area contributed by atoms with Gasteiger partial charge < -0.3 is 4.74 Å². The maximum atomic E-state index is 12.4. The lowest BCUT2D eigenvalue weighted by atomic mass is 10.2. The van der Waals surface area contributed by atoms with Crippen molar-refractivity contribution < 1.29 is 26.9 Å². The Bertz CT molecular complexity index is 871. The van der Waals surface area contributed by atoms with Crippen molar-refractivity contribution in [2.24, 2.45) is 0 Å². The number of nitro benzene ring substituents is 1. The van der Waals surface area contributed by atoms with E-state index in [9.17, 15) is 27.3 Å². The van der Waals surface area contributed by atoms with Gasteiger partial charge >= 0.3 is 6.61 Å². The normalized spacial score (nSPS) is 11.3. The molecule has 24 heavy (non-hydrogen) atoms. The van der Waals surface area contributed by atoms with Gasteiger partial charge in [-0.1, -0.05) is 18.2 Å². The van der Waals surface area contributed by atoms with E-state index in [2.05, 4.69) is 9.46 Å². The molecule has 0 amide bonds. The van der Waals surface area contributed by atoms with Crippen molar-refractivity contribution in [3.8, 4) is 5.75 Å². The van der Waals surface area contributed by atoms with Crippen LogP contribution in [0.5, 0.6) is 5.75 Å². The molecule has 1 N–H and O–H groups in total. The van der Waals surface area contributed by atoms with Gasteiger partial charge in [0.15, 0.2) is 4.90 Å². The molecule has 0 aromatic heterocycles. The van der Waals surface area contributed by atoms with E-state index >= 15 is 0 Å². The first-order valence-electron chi connectivity index (χ1n) is 6.52. The van der Waals surface area contributed by atoms with Crippen LogP contribution in [0.4, 0.5) is 20.2 Å². The number of halogens is 2. The number of ether oxygens (including phenoxy) is 1. The summed E-state index contributed by atoms with van der Waals surface area (Å²) in [5, 5.41) is 11.0. The number of rotatable bonds is 6. The van der Waals surface area contributed by atoms with Gasteiger partial charge in [0.1, 0.15) is 5.75 Å². The Morgan fingerprint density at radius 2 is 1.88 bits per heavy atom. The van der Waals surface area contributed by atoms with Crippen molar-refractivity contribution in [1.82, 2.24) is 0 Å². The first-order valence-corrected chi connectivity index (χ1v) is 8.01. The number of nitrogens with zero attached hydrogens (tertiary/aromatic N) is 1. The molecule has 7 nitrogen and oxygen atoms in total. The highest BCUT2D eigenvalue weighted by molar-refractivity contribution is 7.92. The molecule has 2 rings (SSSR count). The highest BCUT2D eigenvalue weighted by atomic mass is 32.2. The van der Waals surface area contributed by atoms with Crippen LogP contribution >= 0.6 is 0 Å². The molecule has 0 saturated carbocycles. The number of nitrogens with one attached hydrogen (secondary N) is 1. The quantitative estimate of drug-likeness (QED) is 0.631. The fourth-order valence-corrected chi connectivity index (χ4v) is 3.19. The summed E-state index contributed by atoms with van der Waals surface area (Å²) in [6, 6.07) is 8.62. The Hall–Kier alpha value is -2.75. The third-order valence-corrected chi connectivity index (χ3v) is 4.36. The van der Waals surface area contributed by atoms with Crippen LogP contribution in [-0.4, -0.2) is 20.0 Å². The number of nitro groups is 1. The maximum Gasteiger partial charge on any atom is 0.387 e. The average molecular weight is 358 g/mol. The third-order valence-electron chi connectivity index (χ3n) is 2.95. The molecule has 0 saturated heterocycles. The fraction of sp³-hybridized carbons (Fsp3) is 0.143. The molecule has 2 aromatic rings. The van der Waals surface area contributed by atoms with Gasteiger partial charge in [-0.15, -0.1) is 0 Å². The lowest BCUT2D eigenvalue weighted by Gasteiger charge is -2.14. The van der Waals surface area contributed by atoms with E-state index in [1.165, 1.54) is 30.3 Å². The van der Waals surface area contributed by atoms with Crippen LogP contribution in [0.1, 0.15) is 5.56 Å². The van der Waals surface area contributed by atoms with E-state index in [-0.39, 0.29) is 5.69 Å².